The Morgan fingerprint density at radius 2 is 2.17 bits per heavy atom. The molecule has 0 saturated carbocycles. The number of aliphatic carboxylic acids is 1. The second kappa shape index (κ2) is 9.15. The van der Waals surface area contributed by atoms with Crippen LogP contribution in [0.25, 0.3) is 0 Å². The van der Waals surface area contributed by atoms with Crippen LogP contribution in [0.5, 0.6) is 0 Å². The molecule has 3 aliphatic rings. The van der Waals surface area contributed by atoms with Gasteiger partial charge < -0.3 is 5.11 Å². The van der Waals surface area contributed by atoms with Crippen LogP contribution < -0.4 is 0 Å². The molecule has 4 heterocycles. The van der Waals surface area contributed by atoms with E-state index in [2.05, 4.69) is 10.2 Å². The van der Waals surface area contributed by atoms with Gasteiger partial charge in [-0.2, -0.15) is 0 Å². The van der Waals surface area contributed by atoms with Crippen LogP contribution in [0.3, 0.4) is 0 Å². The zero-order valence-corrected chi connectivity index (χ0v) is 20.1. The Bertz CT molecular complexity index is 962. The van der Waals surface area contributed by atoms with Gasteiger partial charge in [0, 0.05) is 35.3 Å². The predicted molar refractivity (Wildman–Crippen MR) is 122 cm³/mol. The van der Waals surface area contributed by atoms with Crippen LogP contribution in [-0.4, -0.2) is 77.3 Å². The van der Waals surface area contributed by atoms with Gasteiger partial charge >= 0.3 is 5.97 Å². The summed E-state index contributed by atoms with van der Waals surface area (Å²) in [4.78, 5) is 40.4. The summed E-state index contributed by atoms with van der Waals surface area (Å²) in [6, 6.07) is -0.667. The molecule has 2 amide bonds. The van der Waals surface area contributed by atoms with Crippen molar-refractivity contribution in [3.63, 3.8) is 0 Å². The van der Waals surface area contributed by atoms with Gasteiger partial charge in [-0.05, 0) is 12.5 Å². The van der Waals surface area contributed by atoms with E-state index in [1.165, 1.54) is 51.6 Å². The first-order chi connectivity index (χ1) is 14.4. The van der Waals surface area contributed by atoms with Crippen molar-refractivity contribution in [3.8, 4) is 0 Å². The van der Waals surface area contributed by atoms with E-state index in [-0.39, 0.29) is 17.5 Å². The average Bonchev–Trinajstić information content (AvgIpc) is 3.14. The Balaban J connectivity index is 1.57. The molecule has 3 aliphatic heterocycles. The molecule has 1 saturated heterocycles. The fourth-order valence-corrected chi connectivity index (χ4v) is 8.84. The smallest absolute Gasteiger partial charge is 0.352 e. The number of carbonyl (C=O) groups is 3. The lowest BCUT2D eigenvalue weighted by molar-refractivity contribution is -0.157. The van der Waals surface area contributed by atoms with Gasteiger partial charge in [-0.3, -0.25) is 19.4 Å². The van der Waals surface area contributed by atoms with Crippen molar-refractivity contribution in [2.45, 2.75) is 29.6 Å². The maximum atomic E-state index is 13.1. The standard InChI is InChI=1S/C17H18N4O4S5/c1-8-18-19-17(30-8)29-6-10-5-28-15-13(14(23)21(15)12(10)16(24)25)20(9(2)22)11-7-26-3-4-27-11/h7,13,15H,3-6H2,1-2H3,(H,24,25). The zero-order valence-electron chi connectivity index (χ0n) is 16.1. The number of carbonyl (C=O) groups excluding carboxylic acids is 2. The van der Waals surface area contributed by atoms with Crippen molar-refractivity contribution >= 4 is 76.2 Å². The first-order valence-corrected chi connectivity index (χ1v) is 13.8. The van der Waals surface area contributed by atoms with Gasteiger partial charge in [-0.15, -0.1) is 45.5 Å². The average molecular weight is 503 g/mol. The van der Waals surface area contributed by atoms with Gasteiger partial charge in [0.2, 0.25) is 5.91 Å². The predicted octanol–water partition coefficient (Wildman–Crippen LogP) is 2.69. The molecule has 160 valence electrons. The van der Waals surface area contributed by atoms with Gasteiger partial charge in [0.25, 0.3) is 5.91 Å². The Morgan fingerprint density at radius 3 is 2.77 bits per heavy atom. The number of amides is 2. The van der Waals surface area contributed by atoms with E-state index in [1.54, 1.807) is 23.5 Å². The molecular weight excluding hydrogens is 485 g/mol. The largest absolute Gasteiger partial charge is 0.477 e. The highest BCUT2D eigenvalue weighted by Crippen LogP contribution is 2.46. The summed E-state index contributed by atoms with van der Waals surface area (Å²) in [7, 11) is 0. The first-order valence-electron chi connectivity index (χ1n) is 8.95. The lowest BCUT2D eigenvalue weighted by atomic mass is 10.0. The van der Waals surface area contributed by atoms with Crippen LogP contribution >= 0.6 is 58.4 Å². The number of aryl methyl sites for hydroxylation is 1. The number of thioether (sulfide) groups is 4. The van der Waals surface area contributed by atoms with E-state index in [0.717, 1.165) is 25.9 Å². The number of hydrogen-bond acceptors (Lipinski definition) is 10. The topological polar surface area (TPSA) is 104 Å². The summed E-state index contributed by atoms with van der Waals surface area (Å²) in [5, 5.41) is 21.0. The van der Waals surface area contributed by atoms with E-state index in [4.69, 9.17) is 0 Å². The number of nitrogens with zero attached hydrogens (tertiary/aromatic N) is 4. The van der Waals surface area contributed by atoms with Gasteiger partial charge in [-0.1, -0.05) is 23.1 Å². The summed E-state index contributed by atoms with van der Waals surface area (Å²) in [6.07, 6.45) is 0. The fourth-order valence-electron chi connectivity index (χ4n) is 3.34. The Labute approximate surface area is 194 Å². The third-order valence-corrected chi connectivity index (χ3v) is 10.2. The number of carboxylic acid groups (broad SMARTS) is 1. The highest BCUT2D eigenvalue weighted by Gasteiger charge is 2.57. The van der Waals surface area contributed by atoms with Crippen LogP contribution in [0.1, 0.15) is 11.9 Å². The minimum Gasteiger partial charge on any atom is -0.477 e. The number of carboxylic acids is 1. The van der Waals surface area contributed by atoms with E-state index >= 15 is 0 Å². The van der Waals surface area contributed by atoms with Crippen LogP contribution in [0.4, 0.5) is 0 Å². The molecule has 0 aliphatic carbocycles. The molecule has 4 rings (SSSR count). The number of β-lactam (4-membered cyclic amide) rings is 1. The monoisotopic (exact) mass is 502 g/mol. The van der Waals surface area contributed by atoms with Gasteiger partial charge in [-0.25, -0.2) is 4.79 Å². The first kappa shape index (κ1) is 22.1. The third-order valence-electron chi connectivity index (χ3n) is 4.59. The van der Waals surface area contributed by atoms with Crippen molar-refractivity contribution in [1.29, 1.82) is 0 Å². The molecule has 1 fully saturated rings. The lowest BCUT2D eigenvalue weighted by Crippen LogP contribution is -2.70. The molecular formula is C17H18N4O4S5. The van der Waals surface area contributed by atoms with Gasteiger partial charge in [0.15, 0.2) is 4.34 Å². The van der Waals surface area contributed by atoms with E-state index in [1.807, 2.05) is 12.3 Å². The Hall–Kier alpha value is -1.15. The number of aromatic nitrogens is 2. The van der Waals surface area contributed by atoms with Gasteiger partial charge in [0.05, 0.1) is 5.03 Å². The molecule has 30 heavy (non-hydrogen) atoms. The summed E-state index contributed by atoms with van der Waals surface area (Å²) >= 11 is 7.56. The number of fused-ring (bicyclic) bond motifs is 1. The zero-order chi connectivity index (χ0) is 21.4. The Kier molecular flexibility index (Phi) is 6.73. The van der Waals surface area contributed by atoms with E-state index < -0.39 is 17.4 Å². The summed E-state index contributed by atoms with van der Waals surface area (Å²) in [5.74, 6) is 1.09. The molecule has 0 bridgehead atoms. The second-order valence-electron chi connectivity index (χ2n) is 6.55. The summed E-state index contributed by atoms with van der Waals surface area (Å²) < 4.78 is 0.770. The molecule has 0 aromatic carbocycles. The van der Waals surface area contributed by atoms with Crippen molar-refractivity contribution in [3.05, 3.63) is 26.7 Å². The molecule has 1 aromatic heterocycles. The summed E-state index contributed by atoms with van der Waals surface area (Å²) in [6.45, 7) is 3.31. The Morgan fingerprint density at radius 1 is 1.37 bits per heavy atom. The summed E-state index contributed by atoms with van der Waals surface area (Å²) in [5.41, 5.74) is 0.724. The van der Waals surface area contributed by atoms with Crippen LogP contribution in [0.15, 0.2) is 26.0 Å². The van der Waals surface area contributed by atoms with Crippen LogP contribution in [0.2, 0.25) is 0 Å². The SMILES string of the molecule is CC(=O)N(C1=CSCCS1)C1C(=O)N2C(C(=O)O)=C(CSc3nnc(C)s3)CSC12. The van der Waals surface area contributed by atoms with E-state index in [9.17, 15) is 19.5 Å². The molecule has 8 nitrogen and oxygen atoms in total. The van der Waals surface area contributed by atoms with Crippen molar-refractivity contribution in [2.75, 3.05) is 23.0 Å². The maximum Gasteiger partial charge on any atom is 0.352 e. The minimum absolute atomic E-state index is 0.0388. The fraction of sp³-hybridized carbons (Fsp3) is 0.471. The normalized spacial score (nSPS) is 23.6. The number of hydrogen-bond donors (Lipinski definition) is 1. The quantitative estimate of drug-likeness (QED) is 0.461. The second-order valence-corrected chi connectivity index (χ2v) is 12.2. The highest BCUT2D eigenvalue weighted by atomic mass is 32.2. The minimum atomic E-state index is -1.12. The van der Waals surface area contributed by atoms with Crippen molar-refractivity contribution < 1.29 is 19.5 Å². The lowest BCUT2D eigenvalue weighted by Gasteiger charge is -2.53. The van der Waals surface area contributed by atoms with Gasteiger partial charge in [0.1, 0.15) is 22.1 Å². The molecule has 0 radical (unpaired) electrons. The van der Waals surface area contributed by atoms with Crippen molar-refractivity contribution in [2.24, 2.45) is 0 Å². The molecule has 0 spiro atoms. The van der Waals surface area contributed by atoms with Crippen LogP contribution in [-0.2, 0) is 14.4 Å². The molecule has 1 aromatic rings. The highest BCUT2D eigenvalue weighted by molar-refractivity contribution is 8.09. The van der Waals surface area contributed by atoms with Crippen LogP contribution in [0, 0.1) is 6.92 Å². The number of rotatable bonds is 6. The van der Waals surface area contributed by atoms with E-state index in [0.29, 0.717) is 17.1 Å². The molecule has 13 heteroatoms. The molecule has 2 atom stereocenters. The molecule has 1 N–H and O–H groups in total. The maximum absolute atomic E-state index is 13.1. The molecule has 2 unspecified atom stereocenters. The third kappa shape index (κ3) is 4.14. The van der Waals surface area contributed by atoms with Crippen molar-refractivity contribution in [1.82, 2.24) is 20.0 Å².